The lowest BCUT2D eigenvalue weighted by atomic mass is 10.2. The molecule has 0 bridgehead atoms. The van der Waals surface area contributed by atoms with E-state index in [0.717, 1.165) is 5.92 Å². The van der Waals surface area contributed by atoms with Crippen molar-refractivity contribution < 1.29 is 0 Å². The average molecular weight is 225 g/mol. The van der Waals surface area contributed by atoms with Crippen molar-refractivity contribution in [3.8, 4) is 0 Å². The third-order valence-electron chi connectivity index (χ3n) is 1.71. The van der Waals surface area contributed by atoms with Crippen LogP contribution < -0.4 is 0 Å². The Kier molecular flexibility index (Phi) is 2.56. The van der Waals surface area contributed by atoms with Gasteiger partial charge in [0.25, 0.3) is 0 Å². The molecule has 1 saturated heterocycles. The molecule has 1 nitrogen and oxygen atoms in total. The van der Waals surface area contributed by atoms with Crippen molar-refractivity contribution in [2.45, 2.75) is 6.42 Å². The molecule has 0 radical (unpaired) electrons. The molecule has 0 spiro atoms. The Morgan fingerprint density at radius 1 is 1.75 bits per heavy atom. The third kappa shape index (κ3) is 1.58. The smallest absolute Gasteiger partial charge is 0.00363 e. The molecule has 1 aliphatic rings. The second kappa shape index (κ2) is 3.01. The largest absolute Gasteiger partial charge is 0.306 e. The van der Waals surface area contributed by atoms with Crippen molar-refractivity contribution in [3.05, 3.63) is 0 Å². The lowest BCUT2D eigenvalue weighted by molar-refractivity contribution is 0.404. The van der Waals surface area contributed by atoms with Crippen molar-refractivity contribution in [3.63, 3.8) is 0 Å². The van der Waals surface area contributed by atoms with Crippen LogP contribution in [-0.4, -0.2) is 29.5 Å². The Balaban J connectivity index is 2.22. The molecule has 1 atom stereocenters. The quantitative estimate of drug-likeness (QED) is 0.481. The first kappa shape index (κ1) is 6.81. The van der Waals surface area contributed by atoms with Gasteiger partial charge < -0.3 is 4.90 Å². The van der Waals surface area contributed by atoms with Crippen LogP contribution in [0.15, 0.2) is 0 Å². The number of nitrogens with zero attached hydrogens (tertiary/aromatic N) is 1. The molecule has 1 aliphatic heterocycles. The summed E-state index contributed by atoms with van der Waals surface area (Å²) in [5.74, 6) is 0.987. The van der Waals surface area contributed by atoms with E-state index in [0.29, 0.717) is 0 Å². The summed E-state index contributed by atoms with van der Waals surface area (Å²) in [6, 6.07) is 0. The Bertz CT molecular complexity index is 74.9. The standard InChI is InChI=1S/C6H12IN/c1-8-3-2-6(4-7)5-8/h6H,2-5H2,1H3. The van der Waals surface area contributed by atoms with E-state index >= 15 is 0 Å². The lowest BCUT2D eigenvalue weighted by Crippen LogP contribution is -2.14. The van der Waals surface area contributed by atoms with Gasteiger partial charge in [0.1, 0.15) is 0 Å². The summed E-state index contributed by atoms with van der Waals surface area (Å²) in [5.41, 5.74) is 0. The average Bonchev–Trinajstić information content (AvgIpc) is 2.14. The molecule has 48 valence electrons. The van der Waals surface area contributed by atoms with Gasteiger partial charge in [-0.15, -0.1) is 0 Å². The summed E-state index contributed by atoms with van der Waals surface area (Å²) < 4.78 is 1.34. The Morgan fingerprint density at radius 2 is 2.50 bits per heavy atom. The van der Waals surface area contributed by atoms with Gasteiger partial charge in [0.05, 0.1) is 0 Å². The van der Waals surface area contributed by atoms with Crippen molar-refractivity contribution in [1.29, 1.82) is 0 Å². The number of hydrogen-bond acceptors (Lipinski definition) is 1. The highest BCUT2D eigenvalue weighted by atomic mass is 127. The number of hydrogen-bond donors (Lipinski definition) is 0. The highest BCUT2D eigenvalue weighted by Crippen LogP contribution is 2.15. The fraction of sp³-hybridized carbons (Fsp3) is 1.00. The highest BCUT2D eigenvalue weighted by Gasteiger charge is 2.16. The molecule has 8 heavy (non-hydrogen) atoms. The number of likely N-dealkylation sites (tertiary alicyclic amines) is 1. The fourth-order valence-electron chi connectivity index (χ4n) is 1.15. The summed E-state index contributed by atoms with van der Waals surface area (Å²) in [6.45, 7) is 2.64. The van der Waals surface area contributed by atoms with Gasteiger partial charge in [-0.2, -0.15) is 0 Å². The van der Waals surface area contributed by atoms with Gasteiger partial charge in [-0.25, -0.2) is 0 Å². The van der Waals surface area contributed by atoms with Crippen molar-refractivity contribution >= 4 is 22.6 Å². The van der Waals surface area contributed by atoms with Crippen LogP contribution in [0.4, 0.5) is 0 Å². The molecule has 0 amide bonds. The second-order valence-electron chi connectivity index (χ2n) is 2.57. The normalized spacial score (nSPS) is 31.5. The maximum Gasteiger partial charge on any atom is 0.00363 e. The van der Waals surface area contributed by atoms with Crippen molar-refractivity contribution in [2.75, 3.05) is 24.6 Å². The van der Waals surface area contributed by atoms with Gasteiger partial charge in [0, 0.05) is 11.0 Å². The molecule has 1 fully saturated rings. The van der Waals surface area contributed by atoms with E-state index in [2.05, 4.69) is 34.5 Å². The molecule has 1 rings (SSSR count). The van der Waals surface area contributed by atoms with E-state index < -0.39 is 0 Å². The Hall–Kier alpha value is 0.690. The Morgan fingerprint density at radius 3 is 2.75 bits per heavy atom. The molecule has 0 aliphatic carbocycles. The van der Waals surface area contributed by atoms with E-state index in [1.54, 1.807) is 0 Å². The van der Waals surface area contributed by atoms with Crippen LogP contribution in [0.5, 0.6) is 0 Å². The zero-order valence-electron chi connectivity index (χ0n) is 5.23. The maximum atomic E-state index is 2.47. The van der Waals surface area contributed by atoms with Gasteiger partial charge in [-0.1, -0.05) is 22.6 Å². The SMILES string of the molecule is CN1CCC(CI)C1. The minimum atomic E-state index is 0.987. The fourth-order valence-corrected chi connectivity index (χ4v) is 1.87. The van der Waals surface area contributed by atoms with Gasteiger partial charge in [-0.05, 0) is 25.9 Å². The minimum Gasteiger partial charge on any atom is -0.306 e. The van der Waals surface area contributed by atoms with Crippen LogP contribution in [0.3, 0.4) is 0 Å². The molecule has 0 saturated carbocycles. The number of alkyl halides is 1. The van der Waals surface area contributed by atoms with E-state index in [1.807, 2.05) is 0 Å². The molecular formula is C6H12IN. The third-order valence-corrected chi connectivity index (χ3v) is 2.95. The topological polar surface area (TPSA) is 3.24 Å². The Labute approximate surface area is 64.6 Å². The summed E-state index contributed by atoms with van der Waals surface area (Å²) in [4.78, 5) is 2.41. The molecule has 2 heteroatoms. The summed E-state index contributed by atoms with van der Waals surface area (Å²) in [7, 11) is 2.20. The molecular weight excluding hydrogens is 213 g/mol. The van der Waals surface area contributed by atoms with Gasteiger partial charge in [0.15, 0.2) is 0 Å². The first-order chi connectivity index (χ1) is 3.83. The van der Waals surface area contributed by atoms with Crippen LogP contribution in [0, 0.1) is 5.92 Å². The molecule has 1 heterocycles. The molecule has 0 aromatic carbocycles. The van der Waals surface area contributed by atoms with Crippen LogP contribution >= 0.6 is 22.6 Å². The van der Waals surface area contributed by atoms with Crippen LogP contribution in [0.2, 0.25) is 0 Å². The summed E-state index contributed by atoms with van der Waals surface area (Å²) in [5, 5.41) is 0. The number of rotatable bonds is 1. The van der Waals surface area contributed by atoms with E-state index in [9.17, 15) is 0 Å². The maximum absolute atomic E-state index is 2.47. The first-order valence-corrected chi connectivity index (χ1v) is 4.60. The molecule has 0 aromatic heterocycles. The lowest BCUT2D eigenvalue weighted by Gasteiger charge is -2.05. The first-order valence-electron chi connectivity index (χ1n) is 3.07. The van der Waals surface area contributed by atoms with Gasteiger partial charge in [-0.3, -0.25) is 0 Å². The number of halogens is 1. The minimum absolute atomic E-state index is 0.987. The summed E-state index contributed by atoms with van der Waals surface area (Å²) >= 11 is 2.47. The molecule has 0 aromatic rings. The van der Waals surface area contributed by atoms with Crippen LogP contribution in [0.1, 0.15) is 6.42 Å². The van der Waals surface area contributed by atoms with Crippen molar-refractivity contribution in [2.24, 2.45) is 5.92 Å². The predicted octanol–water partition coefficient (Wildman–Crippen LogP) is 1.37. The second-order valence-corrected chi connectivity index (χ2v) is 3.45. The summed E-state index contributed by atoms with van der Waals surface area (Å²) in [6.07, 6.45) is 1.42. The molecule has 0 N–H and O–H groups in total. The van der Waals surface area contributed by atoms with E-state index in [1.165, 1.54) is 23.9 Å². The highest BCUT2D eigenvalue weighted by molar-refractivity contribution is 14.1. The predicted molar refractivity (Wildman–Crippen MR) is 44.5 cm³/mol. The van der Waals surface area contributed by atoms with Gasteiger partial charge in [0.2, 0.25) is 0 Å². The molecule has 1 unspecified atom stereocenters. The van der Waals surface area contributed by atoms with Crippen LogP contribution in [-0.2, 0) is 0 Å². The zero-order valence-corrected chi connectivity index (χ0v) is 7.39. The van der Waals surface area contributed by atoms with E-state index in [4.69, 9.17) is 0 Å². The van der Waals surface area contributed by atoms with Crippen molar-refractivity contribution in [1.82, 2.24) is 4.90 Å². The monoisotopic (exact) mass is 225 g/mol. The van der Waals surface area contributed by atoms with Gasteiger partial charge >= 0.3 is 0 Å². The zero-order chi connectivity index (χ0) is 5.98. The van der Waals surface area contributed by atoms with E-state index in [-0.39, 0.29) is 0 Å². The van der Waals surface area contributed by atoms with Crippen LogP contribution in [0.25, 0.3) is 0 Å².